The van der Waals surface area contributed by atoms with E-state index in [9.17, 15) is 0 Å². The molecule has 0 aliphatic carbocycles. The molecule has 3 rings (SSSR count). The van der Waals surface area contributed by atoms with Crippen molar-refractivity contribution in [2.24, 2.45) is 11.8 Å². The Bertz CT molecular complexity index is 296. The van der Waals surface area contributed by atoms with E-state index in [2.05, 4.69) is 35.9 Å². The highest BCUT2D eigenvalue weighted by molar-refractivity contribution is 5.00. The maximum atomic E-state index is 3.60. The van der Waals surface area contributed by atoms with Gasteiger partial charge in [-0.3, -0.25) is 4.90 Å². The molecule has 3 aliphatic rings. The van der Waals surface area contributed by atoms with E-state index < -0.39 is 0 Å². The van der Waals surface area contributed by atoms with Gasteiger partial charge in [-0.05, 0) is 71.1 Å². The van der Waals surface area contributed by atoms with Crippen LogP contribution in [-0.4, -0.2) is 60.6 Å². The van der Waals surface area contributed by atoms with Crippen LogP contribution in [0.5, 0.6) is 0 Å². The van der Waals surface area contributed by atoms with Crippen molar-refractivity contribution in [3.63, 3.8) is 0 Å². The first-order valence-electron chi connectivity index (χ1n) is 8.41. The quantitative estimate of drug-likeness (QED) is 0.839. The summed E-state index contributed by atoms with van der Waals surface area (Å²) in [7, 11) is 0. The molecule has 1 N–H and O–H groups in total. The molecule has 0 radical (unpaired) electrons. The van der Waals surface area contributed by atoms with E-state index in [1.54, 1.807) is 0 Å². The maximum Gasteiger partial charge on any atom is 0.0140 e. The van der Waals surface area contributed by atoms with E-state index in [0.717, 1.165) is 30.0 Å². The first kappa shape index (κ1) is 13.8. The van der Waals surface area contributed by atoms with Gasteiger partial charge in [-0.2, -0.15) is 0 Å². The zero-order valence-corrected chi connectivity index (χ0v) is 12.9. The molecule has 0 saturated carbocycles. The summed E-state index contributed by atoms with van der Waals surface area (Å²) in [6.45, 7) is 13.6. The van der Waals surface area contributed by atoms with Crippen LogP contribution >= 0.6 is 0 Å². The zero-order valence-electron chi connectivity index (χ0n) is 12.9. The van der Waals surface area contributed by atoms with Gasteiger partial charge in [0.05, 0.1) is 0 Å². The summed E-state index contributed by atoms with van der Waals surface area (Å²) in [5.74, 6) is 1.88. The summed E-state index contributed by atoms with van der Waals surface area (Å²) in [4.78, 5) is 5.55. The van der Waals surface area contributed by atoms with Crippen LogP contribution in [0.3, 0.4) is 0 Å². The Morgan fingerprint density at radius 2 is 1.89 bits per heavy atom. The minimum absolute atomic E-state index is 0.727. The molecule has 0 aromatic heterocycles. The molecule has 3 heterocycles. The molecule has 3 aliphatic heterocycles. The van der Waals surface area contributed by atoms with Crippen molar-refractivity contribution < 1.29 is 0 Å². The number of hydrogen-bond donors (Lipinski definition) is 1. The molecule has 3 heteroatoms. The fraction of sp³-hybridized carbons (Fsp3) is 1.00. The maximum absolute atomic E-state index is 3.60. The fourth-order valence-corrected chi connectivity index (χ4v) is 4.75. The molecule has 0 spiro atoms. The third kappa shape index (κ3) is 2.57. The van der Waals surface area contributed by atoms with Gasteiger partial charge in [-0.15, -0.1) is 0 Å². The lowest BCUT2D eigenvalue weighted by Crippen LogP contribution is -2.49. The largest absolute Gasteiger partial charge is 0.316 e. The molecular formula is C16H31N3. The van der Waals surface area contributed by atoms with E-state index in [4.69, 9.17) is 0 Å². The van der Waals surface area contributed by atoms with Crippen LogP contribution in [0.25, 0.3) is 0 Å². The summed E-state index contributed by atoms with van der Waals surface area (Å²) in [6, 6.07) is 2.45. The molecule has 0 aromatic carbocycles. The Balaban J connectivity index is 1.60. The monoisotopic (exact) mass is 265 g/mol. The molecule has 3 unspecified atom stereocenters. The second-order valence-corrected chi connectivity index (χ2v) is 7.12. The predicted molar refractivity (Wildman–Crippen MR) is 80.4 cm³/mol. The van der Waals surface area contributed by atoms with Crippen molar-refractivity contribution >= 4 is 0 Å². The van der Waals surface area contributed by atoms with Gasteiger partial charge in [0.25, 0.3) is 0 Å². The van der Waals surface area contributed by atoms with Crippen LogP contribution in [0.1, 0.15) is 40.0 Å². The van der Waals surface area contributed by atoms with Gasteiger partial charge in [0, 0.05) is 24.7 Å². The first-order chi connectivity index (χ1) is 9.20. The summed E-state index contributed by atoms with van der Waals surface area (Å²) in [6.07, 6.45) is 4.12. The summed E-state index contributed by atoms with van der Waals surface area (Å²) in [5, 5.41) is 3.60. The summed E-state index contributed by atoms with van der Waals surface area (Å²) < 4.78 is 0. The normalized spacial score (nSPS) is 38.2. The standard InChI is InChI=1S/C16H31N3/c1-4-16-15-10-17-9-13(15)11-19(16)14-5-7-18(8-6-14)12(2)3/h12-17H,4-11H2,1-3H3. The lowest BCUT2D eigenvalue weighted by molar-refractivity contribution is 0.0749. The van der Waals surface area contributed by atoms with Crippen molar-refractivity contribution in [1.29, 1.82) is 0 Å². The van der Waals surface area contributed by atoms with Gasteiger partial charge >= 0.3 is 0 Å². The molecular weight excluding hydrogens is 234 g/mol. The highest BCUT2D eigenvalue weighted by Crippen LogP contribution is 2.37. The van der Waals surface area contributed by atoms with Crippen molar-refractivity contribution in [2.45, 2.75) is 58.2 Å². The molecule has 19 heavy (non-hydrogen) atoms. The van der Waals surface area contributed by atoms with Crippen LogP contribution in [-0.2, 0) is 0 Å². The van der Waals surface area contributed by atoms with Crippen LogP contribution in [0.15, 0.2) is 0 Å². The lowest BCUT2D eigenvalue weighted by Gasteiger charge is -2.41. The number of fused-ring (bicyclic) bond motifs is 1. The molecule has 3 saturated heterocycles. The highest BCUT2D eigenvalue weighted by atomic mass is 15.3. The minimum Gasteiger partial charge on any atom is -0.316 e. The van der Waals surface area contributed by atoms with Gasteiger partial charge in [-0.1, -0.05) is 6.92 Å². The number of likely N-dealkylation sites (tertiary alicyclic amines) is 2. The van der Waals surface area contributed by atoms with Crippen LogP contribution in [0, 0.1) is 11.8 Å². The van der Waals surface area contributed by atoms with E-state index in [0.29, 0.717) is 0 Å². The molecule has 0 amide bonds. The van der Waals surface area contributed by atoms with Crippen molar-refractivity contribution in [1.82, 2.24) is 15.1 Å². The van der Waals surface area contributed by atoms with Crippen LogP contribution < -0.4 is 5.32 Å². The Labute approximate surface area is 118 Å². The van der Waals surface area contributed by atoms with Crippen molar-refractivity contribution in [3.05, 3.63) is 0 Å². The van der Waals surface area contributed by atoms with Crippen LogP contribution in [0.2, 0.25) is 0 Å². The number of rotatable bonds is 3. The average molecular weight is 265 g/mol. The Morgan fingerprint density at radius 1 is 1.16 bits per heavy atom. The molecule has 3 fully saturated rings. The van der Waals surface area contributed by atoms with E-state index in [1.165, 1.54) is 52.0 Å². The van der Waals surface area contributed by atoms with Crippen LogP contribution in [0.4, 0.5) is 0 Å². The van der Waals surface area contributed by atoms with Gasteiger partial charge in [0.1, 0.15) is 0 Å². The Kier molecular flexibility index (Phi) is 4.16. The second kappa shape index (κ2) is 5.71. The molecule has 0 bridgehead atoms. The molecule has 0 aromatic rings. The average Bonchev–Trinajstić information content (AvgIpc) is 2.98. The lowest BCUT2D eigenvalue weighted by atomic mass is 9.92. The number of piperidine rings is 1. The Hall–Kier alpha value is -0.120. The number of nitrogens with one attached hydrogen (secondary N) is 1. The first-order valence-corrected chi connectivity index (χ1v) is 8.41. The molecule has 3 nitrogen and oxygen atoms in total. The number of nitrogens with zero attached hydrogens (tertiary/aromatic N) is 2. The van der Waals surface area contributed by atoms with E-state index in [-0.39, 0.29) is 0 Å². The third-order valence-corrected chi connectivity index (χ3v) is 5.87. The minimum atomic E-state index is 0.727. The summed E-state index contributed by atoms with van der Waals surface area (Å²) in [5.41, 5.74) is 0. The van der Waals surface area contributed by atoms with E-state index in [1.807, 2.05) is 0 Å². The smallest absolute Gasteiger partial charge is 0.0140 e. The van der Waals surface area contributed by atoms with Gasteiger partial charge < -0.3 is 10.2 Å². The van der Waals surface area contributed by atoms with Crippen molar-refractivity contribution in [3.8, 4) is 0 Å². The topological polar surface area (TPSA) is 18.5 Å². The zero-order chi connectivity index (χ0) is 13.4. The molecule has 3 atom stereocenters. The molecule has 110 valence electrons. The van der Waals surface area contributed by atoms with Gasteiger partial charge in [0.15, 0.2) is 0 Å². The third-order valence-electron chi connectivity index (χ3n) is 5.87. The van der Waals surface area contributed by atoms with Gasteiger partial charge in [-0.25, -0.2) is 0 Å². The SMILES string of the molecule is CCC1C2CNCC2CN1C1CCN(C(C)C)CC1. The van der Waals surface area contributed by atoms with E-state index >= 15 is 0 Å². The number of hydrogen-bond acceptors (Lipinski definition) is 3. The Morgan fingerprint density at radius 3 is 2.53 bits per heavy atom. The summed E-state index contributed by atoms with van der Waals surface area (Å²) >= 11 is 0. The predicted octanol–water partition coefficient (Wildman–Crippen LogP) is 1.79. The van der Waals surface area contributed by atoms with Gasteiger partial charge in [0.2, 0.25) is 0 Å². The second-order valence-electron chi connectivity index (χ2n) is 7.12. The highest BCUT2D eigenvalue weighted by Gasteiger charge is 2.45. The fourth-order valence-electron chi connectivity index (χ4n) is 4.75. The van der Waals surface area contributed by atoms with Crippen molar-refractivity contribution in [2.75, 3.05) is 32.7 Å².